The lowest BCUT2D eigenvalue weighted by molar-refractivity contribution is -0.120. The van der Waals surface area contributed by atoms with Crippen LogP contribution in [0.4, 0.5) is 5.00 Å². The highest BCUT2D eigenvalue weighted by Gasteiger charge is 2.37. The number of hydrogen-bond donors (Lipinski definition) is 2. The summed E-state index contributed by atoms with van der Waals surface area (Å²) in [5, 5.41) is 14.3. The third-order valence-corrected chi connectivity index (χ3v) is 12.7. The number of fused-ring (bicyclic) bond motifs is 1. The number of likely N-dealkylation sites (N-methyl/N-ethyl adjacent to an activating group) is 1. The van der Waals surface area contributed by atoms with E-state index in [2.05, 4.69) is 10.3 Å². The standard InChI is InChI=1S/C40H40N4O5S3/c1-27(2)24-44(52(48,49)31-19-20-32-35(23-31)50-26-41-32)33(25-45)34-21-22-36(51-34)43(3)40(47)38(42-39(46)30-17-11-6-12-18-30)37(28-13-7-4-8-14-28)29-15-9-5-10-16-29/h4-23,26-27,33,37-38,45H,24-25H2,1-3H3,(H,42,46). The van der Waals surface area contributed by atoms with Crippen LogP contribution in [0.3, 0.4) is 0 Å². The SMILES string of the molecule is CC(C)CN(C(CO)c1ccc(N(C)C(=O)C(NC(=O)c2ccccc2)C(c2ccccc2)c2ccccc2)s1)S(=O)(=O)c1ccc2ncsc2c1. The van der Waals surface area contributed by atoms with E-state index in [9.17, 15) is 23.1 Å². The summed E-state index contributed by atoms with van der Waals surface area (Å²) in [5.41, 5.74) is 4.52. The number of carbonyl (C=O) groups excluding carboxylic acids is 2. The maximum atomic E-state index is 14.7. The van der Waals surface area contributed by atoms with E-state index >= 15 is 0 Å². The number of aliphatic hydroxyl groups excluding tert-OH is 1. The van der Waals surface area contributed by atoms with Crippen molar-refractivity contribution in [3.05, 3.63) is 148 Å². The zero-order chi connectivity index (χ0) is 36.8. The Hall–Kier alpha value is -4.72. The van der Waals surface area contributed by atoms with Gasteiger partial charge in [0.25, 0.3) is 11.8 Å². The quantitative estimate of drug-likeness (QED) is 0.120. The van der Waals surface area contributed by atoms with Crippen molar-refractivity contribution in [1.82, 2.24) is 14.6 Å². The molecule has 0 aliphatic rings. The number of aliphatic hydroxyl groups is 1. The summed E-state index contributed by atoms with van der Waals surface area (Å²) in [6, 6.07) is 34.4. The van der Waals surface area contributed by atoms with E-state index in [0.717, 1.165) is 15.8 Å². The van der Waals surface area contributed by atoms with E-state index < -0.39 is 34.6 Å². The summed E-state index contributed by atoms with van der Waals surface area (Å²) >= 11 is 2.59. The fraction of sp³-hybridized carbons (Fsp3) is 0.225. The van der Waals surface area contributed by atoms with Crippen LogP contribution in [0.2, 0.25) is 0 Å². The summed E-state index contributed by atoms with van der Waals surface area (Å²) < 4.78 is 30.5. The van der Waals surface area contributed by atoms with Crippen LogP contribution in [0, 0.1) is 5.92 Å². The number of aromatic nitrogens is 1. The first-order chi connectivity index (χ1) is 25.1. The summed E-state index contributed by atoms with van der Waals surface area (Å²) in [6.45, 7) is 3.55. The number of carbonyl (C=O) groups is 2. The molecule has 4 aromatic carbocycles. The van der Waals surface area contributed by atoms with Crippen molar-refractivity contribution in [2.45, 2.75) is 36.7 Å². The monoisotopic (exact) mass is 752 g/mol. The molecule has 6 rings (SSSR count). The second-order valence-electron chi connectivity index (χ2n) is 12.8. The van der Waals surface area contributed by atoms with Crippen molar-refractivity contribution in [2.24, 2.45) is 5.92 Å². The first-order valence-corrected chi connectivity index (χ1v) is 20.0. The van der Waals surface area contributed by atoms with Gasteiger partial charge in [-0.2, -0.15) is 4.31 Å². The van der Waals surface area contributed by atoms with E-state index in [4.69, 9.17) is 0 Å². The number of thiazole rings is 1. The molecule has 2 aromatic heterocycles. The Kier molecular flexibility index (Phi) is 11.6. The van der Waals surface area contributed by atoms with E-state index in [-0.39, 0.29) is 29.2 Å². The normalized spacial score (nSPS) is 13.1. The van der Waals surface area contributed by atoms with Crippen molar-refractivity contribution in [2.75, 3.05) is 25.1 Å². The molecule has 6 aromatic rings. The summed E-state index contributed by atoms with van der Waals surface area (Å²) in [6.07, 6.45) is 0. The Morgan fingerprint density at radius 3 is 2.06 bits per heavy atom. The lowest BCUT2D eigenvalue weighted by Crippen LogP contribution is -2.51. The van der Waals surface area contributed by atoms with Crippen LogP contribution < -0.4 is 10.2 Å². The van der Waals surface area contributed by atoms with Crippen molar-refractivity contribution >= 4 is 59.7 Å². The topological polar surface area (TPSA) is 120 Å². The number of nitrogens with zero attached hydrogens (tertiary/aromatic N) is 3. The molecule has 0 bridgehead atoms. The summed E-state index contributed by atoms with van der Waals surface area (Å²) in [5.74, 6) is -1.32. The molecule has 12 heteroatoms. The highest BCUT2D eigenvalue weighted by molar-refractivity contribution is 7.89. The molecule has 2 heterocycles. The van der Waals surface area contributed by atoms with Gasteiger partial charge in [0.15, 0.2) is 0 Å². The molecule has 9 nitrogen and oxygen atoms in total. The second-order valence-corrected chi connectivity index (χ2v) is 16.7. The van der Waals surface area contributed by atoms with Gasteiger partial charge in [-0.25, -0.2) is 13.4 Å². The van der Waals surface area contributed by atoms with Crippen molar-refractivity contribution in [3.63, 3.8) is 0 Å². The first-order valence-electron chi connectivity index (χ1n) is 16.9. The van der Waals surface area contributed by atoms with E-state index in [1.165, 1.54) is 31.9 Å². The van der Waals surface area contributed by atoms with Crippen LogP contribution in [0.25, 0.3) is 10.2 Å². The Morgan fingerprint density at radius 1 is 0.846 bits per heavy atom. The van der Waals surface area contributed by atoms with Gasteiger partial charge in [0.1, 0.15) is 6.04 Å². The Morgan fingerprint density at radius 2 is 1.46 bits per heavy atom. The lowest BCUT2D eigenvalue weighted by Gasteiger charge is -2.31. The van der Waals surface area contributed by atoms with Gasteiger partial charge in [0.2, 0.25) is 10.0 Å². The Balaban J connectivity index is 1.36. The predicted octanol–water partition coefficient (Wildman–Crippen LogP) is 7.33. The van der Waals surface area contributed by atoms with Gasteiger partial charge in [-0.3, -0.25) is 9.59 Å². The third-order valence-electron chi connectivity index (χ3n) is 8.82. The number of thiophene rings is 1. The largest absolute Gasteiger partial charge is 0.394 e. The van der Waals surface area contributed by atoms with E-state index in [1.807, 2.05) is 80.6 Å². The molecule has 0 saturated heterocycles. The number of anilines is 1. The highest BCUT2D eigenvalue weighted by atomic mass is 32.2. The van der Waals surface area contributed by atoms with Crippen LogP contribution in [-0.2, 0) is 14.8 Å². The number of sulfonamides is 1. The molecular formula is C40H40N4O5S3. The van der Waals surface area contributed by atoms with Gasteiger partial charge in [-0.15, -0.1) is 22.7 Å². The smallest absolute Gasteiger partial charge is 0.251 e. The summed E-state index contributed by atoms with van der Waals surface area (Å²) in [4.78, 5) is 34.9. The second kappa shape index (κ2) is 16.3. The molecule has 2 N–H and O–H groups in total. The van der Waals surface area contributed by atoms with Gasteiger partial charge in [0, 0.05) is 30.0 Å². The van der Waals surface area contributed by atoms with Crippen LogP contribution in [0.15, 0.2) is 132 Å². The minimum Gasteiger partial charge on any atom is -0.394 e. The molecule has 0 fully saturated rings. The molecule has 268 valence electrons. The van der Waals surface area contributed by atoms with Crippen molar-refractivity contribution in [1.29, 1.82) is 0 Å². The van der Waals surface area contributed by atoms with Gasteiger partial charge >= 0.3 is 0 Å². The molecule has 2 atom stereocenters. The fourth-order valence-electron chi connectivity index (χ4n) is 6.23. The molecule has 0 spiro atoms. The maximum Gasteiger partial charge on any atom is 0.251 e. The third kappa shape index (κ3) is 8.01. The van der Waals surface area contributed by atoms with E-state index in [0.29, 0.717) is 21.0 Å². The minimum absolute atomic E-state index is 0.0402. The van der Waals surface area contributed by atoms with Crippen LogP contribution in [-0.4, -0.2) is 60.9 Å². The van der Waals surface area contributed by atoms with Gasteiger partial charge in [-0.05, 0) is 59.5 Å². The predicted molar refractivity (Wildman–Crippen MR) is 208 cm³/mol. The molecule has 52 heavy (non-hydrogen) atoms. The van der Waals surface area contributed by atoms with Crippen molar-refractivity contribution < 1.29 is 23.1 Å². The number of amides is 2. The zero-order valence-electron chi connectivity index (χ0n) is 29.0. The molecular weight excluding hydrogens is 713 g/mol. The number of hydrogen-bond acceptors (Lipinski definition) is 8. The molecule has 0 saturated carbocycles. The molecule has 0 radical (unpaired) electrons. The van der Waals surface area contributed by atoms with E-state index in [1.54, 1.807) is 67.2 Å². The molecule has 2 amide bonds. The number of nitrogens with one attached hydrogen (secondary N) is 1. The van der Waals surface area contributed by atoms with Gasteiger partial charge in [-0.1, -0.05) is 92.7 Å². The number of benzene rings is 4. The van der Waals surface area contributed by atoms with Crippen LogP contribution in [0.1, 0.15) is 52.2 Å². The fourth-order valence-corrected chi connectivity index (χ4v) is 9.95. The Bertz CT molecular complexity index is 2190. The molecule has 0 aliphatic carbocycles. The average Bonchev–Trinajstić information content (AvgIpc) is 3.85. The summed E-state index contributed by atoms with van der Waals surface area (Å²) in [7, 11) is -2.40. The lowest BCUT2D eigenvalue weighted by atomic mass is 9.84. The van der Waals surface area contributed by atoms with Gasteiger partial charge in [0.05, 0.1) is 38.3 Å². The molecule has 0 aliphatic heterocycles. The van der Waals surface area contributed by atoms with Gasteiger partial charge < -0.3 is 15.3 Å². The first kappa shape index (κ1) is 37.1. The van der Waals surface area contributed by atoms with Crippen LogP contribution >= 0.6 is 22.7 Å². The Labute approximate surface area is 312 Å². The highest BCUT2D eigenvalue weighted by Crippen LogP contribution is 2.38. The molecule has 2 unspecified atom stereocenters. The number of rotatable bonds is 14. The maximum absolute atomic E-state index is 14.7. The van der Waals surface area contributed by atoms with Crippen LogP contribution in [0.5, 0.6) is 0 Å². The average molecular weight is 753 g/mol. The zero-order valence-corrected chi connectivity index (χ0v) is 31.4. The minimum atomic E-state index is -4.05. The van der Waals surface area contributed by atoms with Crippen molar-refractivity contribution in [3.8, 4) is 0 Å².